The maximum absolute atomic E-state index is 13.3. The first-order valence-electron chi connectivity index (χ1n) is 6.45. The summed E-state index contributed by atoms with van der Waals surface area (Å²) in [6.45, 7) is 0. The minimum Gasteiger partial charge on any atom is -0.271 e. The minimum atomic E-state index is -0.445. The van der Waals surface area contributed by atoms with Crippen LogP contribution in [0.1, 0.15) is 17.2 Å². The van der Waals surface area contributed by atoms with Crippen molar-refractivity contribution < 1.29 is 4.39 Å². The van der Waals surface area contributed by atoms with E-state index in [1.54, 1.807) is 18.3 Å². The molecule has 0 bridgehead atoms. The van der Waals surface area contributed by atoms with Gasteiger partial charge in [-0.25, -0.2) is 9.82 Å². The Morgan fingerprint density at radius 2 is 1.86 bits per heavy atom. The van der Waals surface area contributed by atoms with Crippen LogP contribution in [-0.2, 0) is 0 Å². The fourth-order valence-electron chi connectivity index (χ4n) is 2.35. The number of nitrogens with one attached hydrogen (secondary N) is 1. The largest absolute Gasteiger partial charge is 0.271 e. The van der Waals surface area contributed by atoms with Crippen molar-refractivity contribution in [2.75, 3.05) is 0 Å². The number of hydrogen-bond acceptors (Lipinski definition) is 3. The van der Waals surface area contributed by atoms with Gasteiger partial charge in [0.2, 0.25) is 0 Å². The molecular weight excluding hydrogens is 289 g/mol. The van der Waals surface area contributed by atoms with Gasteiger partial charge >= 0.3 is 0 Å². The van der Waals surface area contributed by atoms with Crippen LogP contribution in [0.2, 0.25) is 5.02 Å². The van der Waals surface area contributed by atoms with Crippen LogP contribution in [0.15, 0.2) is 54.7 Å². The van der Waals surface area contributed by atoms with Crippen LogP contribution in [0, 0.1) is 5.82 Å². The third-order valence-electron chi connectivity index (χ3n) is 3.40. The molecule has 2 aromatic carbocycles. The van der Waals surface area contributed by atoms with Crippen LogP contribution in [0.3, 0.4) is 0 Å². The van der Waals surface area contributed by atoms with Gasteiger partial charge in [0.1, 0.15) is 5.82 Å². The number of halogens is 2. The second-order valence-corrected chi connectivity index (χ2v) is 5.14. The molecule has 1 aromatic heterocycles. The molecule has 0 spiro atoms. The number of nitrogens with two attached hydrogens (primary N) is 1. The summed E-state index contributed by atoms with van der Waals surface area (Å²) in [5.74, 6) is 5.22. The number of aromatic nitrogens is 1. The maximum atomic E-state index is 13.3. The highest BCUT2D eigenvalue weighted by Gasteiger charge is 2.14. The van der Waals surface area contributed by atoms with Crippen LogP contribution in [-0.4, -0.2) is 4.98 Å². The molecule has 3 aromatic rings. The van der Waals surface area contributed by atoms with Gasteiger partial charge in [0, 0.05) is 11.6 Å². The molecular formula is C16H13ClFN3. The Hall–Kier alpha value is -2.01. The first-order chi connectivity index (χ1) is 10.2. The first kappa shape index (κ1) is 13.9. The van der Waals surface area contributed by atoms with E-state index in [-0.39, 0.29) is 11.1 Å². The van der Waals surface area contributed by atoms with E-state index in [0.29, 0.717) is 0 Å². The monoisotopic (exact) mass is 301 g/mol. The number of hydrogen-bond donors (Lipinski definition) is 2. The first-order valence-corrected chi connectivity index (χ1v) is 6.82. The van der Waals surface area contributed by atoms with E-state index in [1.165, 1.54) is 6.07 Å². The van der Waals surface area contributed by atoms with Gasteiger partial charge in [-0.1, -0.05) is 29.8 Å². The molecule has 0 saturated heterocycles. The molecule has 3 N–H and O–H groups in total. The summed E-state index contributed by atoms with van der Waals surface area (Å²) in [5, 5.41) is 1.10. The lowest BCUT2D eigenvalue weighted by Crippen LogP contribution is -2.28. The van der Waals surface area contributed by atoms with Crippen LogP contribution >= 0.6 is 11.6 Å². The molecule has 0 aliphatic heterocycles. The third-order valence-corrected chi connectivity index (χ3v) is 3.69. The standard InChI is InChI=1S/C16H13ClFN3/c17-13-9-12(3-5-14(13)18)16(21-19)11-4-6-15-10(8-11)2-1-7-20-15/h1-9,16,21H,19H2. The van der Waals surface area contributed by atoms with Gasteiger partial charge in [0.25, 0.3) is 0 Å². The van der Waals surface area contributed by atoms with E-state index in [9.17, 15) is 4.39 Å². The Kier molecular flexibility index (Phi) is 3.84. The molecule has 0 fully saturated rings. The summed E-state index contributed by atoms with van der Waals surface area (Å²) in [6.07, 6.45) is 1.75. The Balaban J connectivity index is 2.06. The Morgan fingerprint density at radius 1 is 1.10 bits per heavy atom. The molecule has 0 amide bonds. The van der Waals surface area contributed by atoms with E-state index in [1.807, 2.05) is 30.3 Å². The number of fused-ring (bicyclic) bond motifs is 1. The molecule has 0 radical (unpaired) electrons. The normalized spacial score (nSPS) is 12.5. The molecule has 1 heterocycles. The average molecular weight is 302 g/mol. The fourth-order valence-corrected chi connectivity index (χ4v) is 2.54. The highest BCUT2D eigenvalue weighted by molar-refractivity contribution is 6.30. The van der Waals surface area contributed by atoms with Crippen LogP contribution in [0.25, 0.3) is 10.9 Å². The highest BCUT2D eigenvalue weighted by atomic mass is 35.5. The molecule has 1 unspecified atom stereocenters. The third kappa shape index (κ3) is 2.74. The van der Waals surface area contributed by atoms with E-state index < -0.39 is 5.82 Å². The van der Waals surface area contributed by atoms with Crippen molar-refractivity contribution in [1.29, 1.82) is 0 Å². The molecule has 3 rings (SSSR count). The summed E-state index contributed by atoms with van der Waals surface area (Å²) in [4.78, 5) is 4.28. The van der Waals surface area contributed by atoms with E-state index in [4.69, 9.17) is 17.4 Å². The number of rotatable bonds is 3. The van der Waals surface area contributed by atoms with Gasteiger partial charge in [-0.05, 0) is 41.5 Å². The Morgan fingerprint density at radius 3 is 2.62 bits per heavy atom. The van der Waals surface area contributed by atoms with Crippen molar-refractivity contribution >= 4 is 22.5 Å². The van der Waals surface area contributed by atoms with Crippen LogP contribution in [0.5, 0.6) is 0 Å². The van der Waals surface area contributed by atoms with Gasteiger partial charge in [-0.2, -0.15) is 0 Å². The summed E-state index contributed by atoms with van der Waals surface area (Å²) in [6, 6.07) is 14.1. The summed E-state index contributed by atoms with van der Waals surface area (Å²) < 4.78 is 13.3. The fraction of sp³-hybridized carbons (Fsp3) is 0.0625. The zero-order valence-corrected chi connectivity index (χ0v) is 11.8. The van der Waals surface area contributed by atoms with E-state index in [2.05, 4.69) is 10.4 Å². The summed E-state index contributed by atoms with van der Waals surface area (Å²) >= 11 is 5.84. The number of nitrogens with zero attached hydrogens (tertiary/aromatic N) is 1. The lowest BCUT2D eigenvalue weighted by Gasteiger charge is -2.17. The predicted molar refractivity (Wildman–Crippen MR) is 82.3 cm³/mol. The summed E-state index contributed by atoms with van der Waals surface area (Å²) in [5.41, 5.74) is 5.41. The zero-order valence-electron chi connectivity index (χ0n) is 11.1. The zero-order chi connectivity index (χ0) is 14.8. The van der Waals surface area contributed by atoms with Gasteiger partial charge < -0.3 is 0 Å². The van der Waals surface area contributed by atoms with Crippen molar-refractivity contribution in [3.05, 3.63) is 76.7 Å². The topological polar surface area (TPSA) is 50.9 Å². The van der Waals surface area contributed by atoms with Crippen molar-refractivity contribution in [1.82, 2.24) is 10.4 Å². The second kappa shape index (κ2) is 5.77. The molecule has 21 heavy (non-hydrogen) atoms. The van der Waals surface area contributed by atoms with Gasteiger partial charge in [0.15, 0.2) is 0 Å². The van der Waals surface area contributed by atoms with Crippen molar-refractivity contribution in [2.24, 2.45) is 5.84 Å². The van der Waals surface area contributed by atoms with Gasteiger partial charge in [0.05, 0.1) is 16.6 Å². The minimum absolute atomic E-state index is 0.0789. The smallest absolute Gasteiger partial charge is 0.141 e. The van der Waals surface area contributed by atoms with E-state index >= 15 is 0 Å². The lowest BCUT2D eigenvalue weighted by atomic mass is 9.98. The second-order valence-electron chi connectivity index (χ2n) is 4.73. The van der Waals surface area contributed by atoms with Gasteiger partial charge in [-0.15, -0.1) is 0 Å². The van der Waals surface area contributed by atoms with Gasteiger partial charge in [-0.3, -0.25) is 10.8 Å². The number of pyridine rings is 1. The van der Waals surface area contributed by atoms with Crippen LogP contribution < -0.4 is 11.3 Å². The average Bonchev–Trinajstić information content (AvgIpc) is 2.51. The number of benzene rings is 2. The van der Waals surface area contributed by atoms with Crippen molar-refractivity contribution in [2.45, 2.75) is 6.04 Å². The van der Waals surface area contributed by atoms with E-state index in [0.717, 1.165) is 22.0 Å². The lowest BCUT2D eigenvalue weighted by molar-refractivity contribution is 0.616. The SMILES string of the molecule is NNC(c1ccc(F)c(Cl)c1)c1ccc2ncccc2c1. The van der Waals surface area contributed by atoms with Crippen molar-refractivity contribution in [3.8, 4) is 0 Å². The maximum Gasteiger partial charge on any atom is 0.141 e. The van der Waals surface area contributed by atoms with Crippen LogP contribution in [0.4, 0.5) is 4.39 Å². The molecule has 0 aliphatic rings. The number of hydrazine groups is 1. The molecule has 5 heteroatoms. The highest BCUT2D eigenvalue weighted by Crippen LogP contribution is 2.27. The molecule has 3 nitrogen and oxygen atoms in total. The molecule has 0 aliphatic carbocycles. The molecule has 106 valence electrons. The Labute approximate surface area is 126 Å². The van der Waals surface area contributed by atoms with Crippen molar-refractivity contribution in [3.63, 3.8) is 0 Å². The Bertz CT molecular complexity index is 791. The quantitative estimate of drug-likeness (QED) is 0.574. The predicted octanol–water partition coefficient (Wildman–Crippen LogP) is 3.58. The molecule has 1 atom stereocenters. The molecule has 0 saturated carbocycles. The summed E-state index contributed by atoms with van der Waals surface area (Å²) in [7, 11) is 0.